The van der Waals surface area contributed by atoms with E-state index in [4.69, 9.17) is 9.47 Å². The lowest BCUT2D eigenvalue weighted by Gasteiger charge is -2.14. The van der Waals surface area contributed by atoms with Gasteiger partial charge in [-0.25, -0.2) is 4.99 Å². The second kappa shape index (κ2) is 9.17. The van der Waals surface area contributed by atoms with E-state index in [0.29, 0.717) is 13.2 Å². The smallest absolute Gasteiger partial charge is 0.196 e. The monoisotopic (exact) mass is 347 g/mol. The van der Waals surface area contributed by atoms with Gasteiger partial charge in [-0.3, -0.25) is 0 Å². The van der Waals surface area contributed by atoms with Crippen LogP contribution in [-0.4, -0.2) is 26.2 Å². The van der Waals surface area contributed by atoms with Gasteiger partial charge in [0.1, 0.15) is 0 Å². The molecule has 1 heterocycles. The van der Waals surface area contributed by atoms with Gasteiger partial charge in [0.25, 0.3) is 0 Å². The van der Waals surface area contributed by atoms with Crippen molar-refractivity contribution in [3.05, 3.63) is 40.1 Å². The zero-order valence-electron chi connectivity index (χ0n) is 14.7. The molecule has 5 nitrogen and oxygen atoms in total. The summed E-state index contributed by atoms with van der Waals surface area (Å²) in [6.07, 6.45) is 0. The van der Waals surface area contributed by atoms with Gasteiger partial charge in [0.2, 0.25) is 0 Å². The fourth-order valence-corrected chi connectivity index (χ4v) is 3.01. The number of benzene rings is 1. The van der Waals surface area contributed by atoms with Crippen molar-refractivity contribution < 1.29 is 9.47 Å². The van der Waals surface area contributed by atoms with Gasteiger partial charge in [-0.2, -0.15) is 0 Å². The lowest BCUT2D eigenvalue weighted by molar-refractivity contribution is 0.311. The van der Waals surface area contributed by atoms with Gasteiger partial charge in [0.15, 0.2) is 17.5 Å². The van der Waals surface area contributed by atoms with Crippen LogP contribution >= 0.6 is 11.3 Å². The summed E-state index contributed by atoms with van der Waals surface area (Å²) in [6, 6.07) is 7.88. The molecule has 2 aromatic rings. The van der Waals surface area contributed by atoms with Crippen molar-refractivity contribution in [3.8, 4) is 11.5 Å². The molecule has 0 atom stereocenters. The molecule has 0 unspecified atom stereocenters. The second-order valence-electron chi connectivity index (χ2n) is 5.15. The molecule has 0 aliphatic carbocycles. The van der Waals surface area contributed by atoms with Crippen LogP contribution in [0.1, 0.15) is 24.3 Å². The summed E-state index contributed by atoms with van der Waals surface area (Å²) in [5.74, 6) is 2.19. The lowest BCUT2D eigenvalue weighted by atomic mass is 10.2. The average molecular weight is 347 g/mol. The molecule has 0 saturated heterocycles. The van der Waals surface area contributed by atoms with Crippen LogP contribution in [0.15, 0.2) is 34.6 Å². The number of hydrogen-bond donors (Lipinski definition) is 2. The quantitative estimate of drug-likeness (QED) is 0.586. The third-order valence-electron chi connectivity index (χ3n) is 3.42. The summed E-state index contributed by atoms with van der Waals surface area (Å²) in [5, 5.41) is 8.68. The SMILES string of the molecule is CCNC(=NCc1sccc1C)Nc1ccc(OC)c(OCC)c1. The van der Waals surface area contributed by atoms with E-state index in [2.05, 4.69) is 34.0 Å². The van der Waals surface area contributed by atoms with E-state index in [9.17, 15) is 0 Å². The molecule has 6 heteroatoms. The van der Waals surface area contributed by atoms with Gasteiger partial charge in [-0.15, -0.1) is 11.3 Å². The van der Waals surface area contributed by atoms with Gasteiger partial charge in [0.05, 0.1) is 20.3 Å². The number of anilines is 1. The highest BCUT2D eigenvalue weighted by atomic mass is 32.1. The number of aliphatic imine (C=N–C) groups is 1. The molecule has 0 spiro atoms. The van der Waals surface area contributed by atoms with E-state index >= 15 is 0 Å². The molecule has 1 aromatic carbocycles. The number of aryl methyl sites for hydroxylation is 1. The Labute approximate surface area is 147 Å². The second-order valence-corrected chi connectivity index (χ2v) is 6.15. The highest BCUT2D eigenvalue weighted by Gasteiger charge is 2.07. The lowest BCUT2D eigenvalue weighted by Crippen LogP contribution is -2.30. The molecule has 130 valence electrons. The molecular formula is C18H25N3O2S. The van der Waals surface area contributed by atoms with Crippen molar-refractivity contribution in [3.63, 3.8) is 0 Å². The summed E-state index contributed by atoms with van der Waals surface area (Å²) in [7, 11) is 1.64. The average Bonchev–Trinajstić information content (AvgIpc) is 2.98. The van der Waals surface area contributed by atoms with E-state index in [0.717, 1.165) is 29.7 Å². The Morgan fingerprint density at radius 1 is 1.21 bits per heavy atom. The highest BCUT2D eigenvalue weighted by molar-refractivity contribution is 7.10. The molecule has 0 bridgehead atoms. The van der Waals surface area contributed by atoms with E-state index in [1.54, 1.807) is 18.4 Å². The first-order valence-electron chi connectivity index (χ1n) is 8.07. The summed E-state index contributed by atoms with van der Waals surface area (Å²) < 4.78 is 10.9. The molecule has 0 radical (unpaired) electrons. The van der Waals surface area contributed by atoms with Gasteiger partial charge in [-0.1, -0.05) is 0 Å². The first-order valence-corrected chi connectivity index (χ1v) is 8.95. The highest BCUT2D eigenvalue weighted by Crippen LogP contribution is 2.30. The summed E-state index contributed by atoms with van der Waals surface area (Å²) >= 11 is 1.73. The number of ether oxygens (including phenoxy) is 2. The molecule has 0 fully saturated rings. The minimum atomic E-state index is 0.589. The van der Waals surface area contributed by atoms with Crippen LogP contribution in [-0.2, 0) is 6.54 Å². The first-order chi connectivity index (χ1) is 11.7. The molecule has 0 amide bonds. The number of rotatable bonds is 7. The Morgan fingerprint density at radius 3 is 2.67 bits per heavy atom. The molecule has 0 aliphatic rings. The largest absolute Gasteiger partial charge is 0.493 e. The molecule has 2 N–H and O–H groups in total. The fourth-order valence-electron chi connectivity index (χ4n) is 2.18. The summed E-state index contributed by atoms with van der Waals surface area (Å²) in [5.41, 5.74) is 2.18. The number of thiophene rings is 1. The molecule has 2 rings (SSSR count). The standard InChI is InChI=1S/C18H25N3O2S/c1-5-19-18(20-12-17-13(3)9-10-24-17)21-14-7-8-15(22-4)16(11-14)23-6-2/h7-11H,5-6,12H2,1-4H3,(H2,19,20,21). The molecular weight excluding hydrogens is 322 g/mol. The normalized spacial score (nSPS) is 11.2. The van der Waals surface area contributed by atoms with Crippen LogP contribution in [0.5, 0.6) is 11.5 Å². The van der Waals surface area contributed by atoms with Crippen molar-refractivity contribution in [2.75, 3.05) is 25.6 Å². The van der Waals surface area contributed by atoms with Gasteiger partial charge >= 0.3 is 0 Å². The van der Waals surface area contributed by atoms with Gasteiger partial charge < -0.3 is 20.1 Å². The number of methoxy groups -OCH3 is 1. The Balaban J connectivity index is 2.14. The van der Waals surface area contributed by atoms with Crippen molar-refractivity contribution in [1.29, 1.82) is 0 Å². The number of nitrogens with one attached hydrogen (secondary N) is 2. The van der Waals surface area contributed by atoms with Crippen LogP contribution < -0.4 is 20.1 Å². The van der Waals surface area contributed by atoms with Crippen LogP contribution in [0.4, 0.5) is 5.69 Å². The Morgan fingerprint density at radius 2 is 2.04 bits per heavy atom. The Hall–Kier alpha value is -2.21. The zero-order valence-corrected chi connectivity index (χ0v) is 15.5. The number of guanidine groups is 1. The van der Waals surface area contributed by atoms with Gasteiger partial charge in [-0.05, 0) is 49.9 Å². The van der Waals surface area contributed by atoms with Crippen molar-refractivity contribution in [2.24, 2.45) is 4.99 Å². The van der Waals surface area contributed by atoms with E-state index < -0.39 is 0 Å². The number of nitrogens with zero attached hydrogens (tertiary/aromatic N) is 1. The molecule has 0 saturated carbocycles. The summed E-state index contributed by atoms with van der Waals surface area (Å²) in [4.78, 5) is 5.94. The maximum absolute atomic E-state index is 5.62. The Bertz CT molecular complexity index is 683. The van der Waals surface area contributed by atoms with Gasteiger partial charge in [0, 0.05) is 23.2 Å². The third-order valence-corrected chi connectivity index (χ3v) is 4.43. The number of hydrogen-bond acceptors (Lipinski definition) is 4. The van der Waals surface area contributed by atoms with Crippen LogP contribution in [0.3, 0.4) is 0 Å². The van der Waals surface area contributed by atoms with Crippen molar-refractivity contribution in [1.82, 2.24) is 5.32 Å². The maximum Gasteiger partial charge on any atom is 0.196 e. The van der Waals surface area contributed by atoms with Crippen molar-refractivity contribution >= 4 is 23.0 Å². The third kappa shape index (κ3) is 4.89. The predicted octanol–water partition coefficient (Wildman–Crippen LogP) is 4.04. The predicted molar refractivity (Wildman–Crippen MR) is 102 cm³/mol. The Kier molecular flexibility index (Phi) is 6.93. The molecule has 0 aliphatic heterocycles. The van der Waals surface area contributed by atoms with Crippen LogP contribution in [0.25, 0.3) is 0 Å². The van der Waals surface area contributed by atoms with E-state index in [1.165, 1.54) is 10.4 Å². The zero-order chi connectivity index (χ0) is 17.4. The molecule has 24 heavy (non-hydrogen) atoms. The van der Waals surface area contributed by atoms with Crippen LogP contribution in [0, 0.1) is 6.92 Å². The first kappa shape index (κ1) is 18.1. The van der Waals surface area contributed by atoms with E-state index in [-0.39, 0.29) is 0 Å². The topological polar surface area (TPSA) is 54.9 Å². The maximum atomic E-state index is 5.62. The van der Waals surface area contributed by atoms with Crippen molar-refractivity contribution in [2.45, 2.75) is 27.3 Å². The minimum Gasteiger partial charge on any atom is -0.493 e. The fraction of sp³-hybridized carbons (Fsp3) is 0.389. The molecule has 1 aromatic heterocycles. The minimum absolute atomic E-state index is 0.589. The summed E-state index contributed by atoms with van der Waals surface area (Å²) in [6.45, 7) is 8.16. The van der Waals surface area contributed by atoms with E-state index in [1.807, 2.05) is 32.0 Å². The van der Waals surface area contributed by atoms with Crippen LogP contribution in [0.2, 0.25) is 0 Å².